The van der Waals surface area contributed by atoms with Crippen molar-refractivity contribution in [1.29, 1.82) is 0 Å². The summed E-state index contributed by atoms with van der Waals surface area (Å²) in [5, 5.41) is 9.78. The van der Waals surface area contributed by atoms with Crippen LogP contribution in [0.15, 0.2) is 85.1 Å². The van der Waals surface area contributed by atoms with Crippen LogP contribution < -0.4 is 0 Å². The lowest BCUT2D eigenvalue weighted by molar-refractivity contribution is -0.870. The molecule has 0 aromatic carbocycles. The fraction of sp³-hybridized carbons (Fsp3) is 0.802. The number of allylic oxidation sites excluding steroid dienone is 14. The predicted molar refractivity (Wildman–Crippen MR) is 410 cm³/mol. The average Bonchev–Trinajstić information content (AvgIpc) is 3.58. The highest BCUT2D eigenvalue weighted by atomic mass is 16.7. The molecule has 0 rings (SSSR count). The van der Waals surface area contributed by atoms with Gasteiger partial charge in [0.15, 0.2) is 6.10 Å². The van der Waals surface area contributed by atoms with Crippen molar-refractivity contribution in [2.45, 2.75) is 399 Å². The second-order valence-electron chi connectivity index (χ2n) is 28.7. The summed E-state index contributed by atoms with van der Waals surface area (Å²) < 4.78 is 23.1. The number of carboxylic acid groups (broad SMARTS) is 1. The number of quaternary nitrogens is 1. The van der Waals surface area contributed by atoms with Gasteiger partial charge in [-0.05, 0) is 89.9 Å². The lowest BCUT2D eigenvalue weighted by Crippen LogP contribution is -2.40. The van der Waals surface area contributed by atoms with Gasteiger partial charge in [-0.2, -0.15) is 0 Å². The Bertz CT molecular complexity index is 1840. The maximum Gasteiger partial charge on any atom is 0.361 e. The molecule has 0 aliphatic heterocycles. The van der Waals surface area contributed by atoms with E-state index >= 15 is 0 Å². The summed E-state index contributed by atoms with van der Waals surface area (Å²) in [6.07, 6.45) is 102. The molecule has 552 valence electrons. The Morgan fingerprint density at radius 1 is 0.326 bits per heavy atom. The van der Waals surface area contributed by atoms with Gasteiger partial charge < -0.3 is 28.5 Å². The van der Waals surface area contributed by atoms with Gasteiger partial charge in [-0.15, -0.1) is 0 Å². The SMILES string of the molecule is CC/C=C\C/C=C\C/C=C\C/C=C\C/C=C\C/C=C\CCCCCCCCCCCCCCCCCCC(=O)OC(COC(=O)CCCCCCCCCCCCCCCCCCCCCCCCC/C=C\CCCCCCCCCC)COC(OCC[N+](C)(C)C)C(=O)O. The van der Waals surface area contributed by atoms with Crippen LogP contribution in [0.4, 0.5) is 0 Å². The normalized spacial score (nSPS) is 13.1. The van der Waals surface area contributed by atoms with Crippen LogP contribution in [0.3, 0.4) is 0 Å². The van der Waals surface area contributed by atoms with Crippen LogP contribution in [0, 0.1) is 0 Å². The van der Waals surface area contributed by atoms with E-state index in [2.05, 4.69) is 98.9 Å². The molecule has 9 heteroatoms. The van der Waals surface area contributed by atoms with Gasteiger partial charge in [0.25, 0.3) is 6.29 Å². The molecule has 2 unspecified atom stereocenters. The Labute approximate surface area is 589 Å². The molecule has 0 amide bonds. The van der Waals surface area contributed by atoms with Gasteiger partial charge in [0.1, 0.15) is 13.2 Å². The minimum Gasteiger partial charge on any atom is -0.477 e. The summed E-state index contributed by atoms with van der Waals surface area (Å²) in [6, 6.07) is 0. The fourth-order valence-electron chi connectivity index (χ4n) is 12.0. The lowest BCUT2D eigenvalue weighted by Gasteiger charge is -2.25. The van der Waals surface area contributed by atoms with E-state index in [4.69, 9.17) is 18.9 Å². The first-order chi connectivity index (χ1) is 46.6. The molecule has 0 fully saturated rings. The number of ether oxygens (including phenoxy) is 4. The number of likely N-dealkylation sites (N-methyl/N-ethyl adjacent to an activating group) is 1. The van der Waals surface area contributed by atoms with Crippen LogP contribution in [-0.4, -0.2) is 87.4 Å². The van der Waals surface area contributed by atoms with Crippen molar-refractivity contribution in [3.8, 4) is 0 Å². The van der Waals surface area contributed by atoms with Crippen molar-refractivity contribution < 1.29 is 42.9 Å². The third-order valence-corrected chi connectivity index (χ3v) is 18.1. The number of esters is 2. The van der Waals surface area contributed by atoms with Crippen LogP contribution in [0.5, 0.6) is 0 Å². The smallest absolute Gasteiger partial charge is 0.361 e. The van der Waals surface area contributed by atoms with E-state index in [1.165, 1.54) is 283 Å². The van der Waals surface area contributed by atoms with Crippen molar-refractivity contribution in [2.75, 3.05) is 47.5 Å². The van der Waals surface area contributed by atoms with E-state index in [-0.39, 0.29) is 38.2 Å². The number of carboxylic acids is 1. The summed E-state index contributed by atoms with van der Waals surface area (Å²) in [7, 11) is 5.99. The average molecular weight is 1330 g/mol. The Morgan fingerprint density at radius 3 is 0.905 bits per heavy atom. The first-order valence-corrected chi connectivity index (χ1v) is 40.8. The van der Waals surface area contributed by atoms with Gasteiger partial charge in [-0.1, -0.05) is 369 Å². The molecular formula is C86H156NO8+. The minimum atomic E-state index is -1.51. The summed E-state index contributed by atoms with van der Waals surface area (Å²) in [6.45, 7) is 4.82. The summed E-state index contributed by atoms with van der Waals surface area (Å²) in [5.74, 6) is -1.98. The van der Waals surface area contributed by atoms with Crippen LogP contribution in [-0.2, 0) is 33.3 Å². The van der Waals surface area contributed by atoms with Crippen LogP contribution >= 0.6 is 0 Å². The first-order valence-electron chi connectivity index (χ1n) is 40.8. The van der Waals surface area contributed by atoms with Gasteiger partial charge >= 0.3 is 17.9 Å². The van der Waals surface area contributed by atoms with Crippen LogP contribution in [0.25, 0.3) is 0 Å². The van der Waals surface area contributed by atoms with E-state index in [1.54, 1.807) is 0 Å². The van der Waals surface area contributed by atoms with Crippen LogP contribution in [0.1, 0.15) is 386 Å². The molecule has 0 spiro atoms. The second-order valence-corrected chi connectivity index (χ2v) is 28.7. The highest BCUT2D eigenvalue weighted by Crippen LogP contribution is 2.19. The molecule has 95 heavy (non-hydrogen) atoms. The number of carbonyl (C=O) groups is 3. The zero-order valence-electron chi connectivity index (χ0n) is 63.3. The summed E-state index contributed by atoms with van der Waals surface area (Å²) in [4.78, 5) is 37.8. The zero-order valence-corrected chi connectivity index (χ0v) is 63.3. The number of hydrogen-bond acceptors (Lipinski definition) is 7. The molecule has 0 aromatic rings. The molecule has 0 aliphatic rings. The van der Waals surface area contributed by atoms with Gasteiger partial charge in [0.05, 0.1) is 34.4 Å². The van der Waals surface area contributed by atoms with E-state index in [9.17, 15) is 19.5 Å². The van der Waals surface area contributed by atoms with Crippen LogP contribution in [0.2, 0.25) is 0 Å². The molecule has 0 aromatic heterocycles. The van der Waals surface area contributed by atoms with Gasteiger partial charge in [0.2, 0.25) is 0 Å². The largest absolute Gasteiger partial charge is 0.477 e. The van der Waals surface area contributed by atoms with Crippen molar-refractivity contribution in [3.05, 3.63) is 85.1 Å². The molecule has 0 heterocycles. The molecule has 0 saturated heterocycles. The van der Waals surface area contributed by atoms with E-state index in [1.807, 2.05) is 21.1 Å². The Morgan fingerprint density at radius 2 is 0.600 bits per heavy atom. The summed E-state index contributed by atoms with van der Waals surface area (Å²) in [5.41, 5.74) is 0. The Balaban J connectivity index is 3.99. The molecule has 0 aliphatic carbocycles. The maximum atomic E-state index is 13.0. The molecule has 9 nitrogen and oxygen atoms in total. The van der Waals surface area contributed by atoms with Gasteiger partial charge in [-0.25, -0.2) is 4.79 Å². The lowest BCUT2D eigenvalue weighted by atomic mass is 10.0. The maximum absolute atomic E-state index is 13.0. The zero-order chi connectivity index (χ0) is 69.0. The third-order valence-electron chi connectivity index (χ3n) is 18.1. The van der Waals surface area contributed by atoms with Crippen molar-refractivity contribution in [2.24, 2.45) is 0 Å². The molecule has 0 bridgehead atoms. The monoisotopic (exact) mass is 1330 g/mol. The number of aliphatic carboxylic acids is 1. The second kappa shape index (κ2) is 76.2. The predicted octanol–water partition coefficient (Wildman–Crippen LogP) is 26.2. The standard InChI is InChI=1S/C86H155NO8/c1-6-8-10-12-14-16-18-20-22-24-26-28-30-32-34-36-38-40-42-44-46-48-50-52-54-56-58-60-62-64-66-68-70-72-74-76-83(88)93-80-82(81-94-86(85(90)91)92-79-78-87(3,4)5)95-84(89)77-75-73-71-69-67-65-63-61-59-57-55-53-51-49-47-45-43-41-39-37-35-33-31-29-27-25-23-21-19-17-15-13-11-9-7-2/h9,11,15,17,21,23-24,26-27,29,33,35,39,41,82,86H,6-8,10,12-14,16,18-20,22,25,28,30-32,34,36-38,40,42-81H2,1-5H3/p+1/b11-9-,17-15-,23-21-,26-24-,29-27-,35-33-,41-39-. The topological polar surface area (TPSA) is 108 Å². The molecule has 1 N–H and O–H groups in total. The number of carbonyl (C=O) groups excluding carboxylic acids is 2. The van der Waals surface area contributed by atoms with Crippen molar-refractivity contribution in [3.63, 3.8) is 0 Å². The van der Waals surface area contributed by atoms with Crippen molar-refractivity contribution >= 4 is 17.9 Å². The third kappa shape index (κ3) is 77.7. The van der Waals surface area contributed by atoms with Crippen molar-refractivity contribution in [1.82, 2.24) is 0 Å². The number of hydrogen-bond donors (Lipinski definition) is 1. The quantitative estimate of drug-likeness (QED) is 0.0211. The fourth-order valence-corrected chi connectivity index (χ4v) is 12.0. The Hall–Kier alpha value is -3.53. The first kappa shape index (κ1) is 91.5. The highest BCUT2D eigenvalue weighted by Gasteiger charge is 2.25. The van der Waals surface area contributed by atoms with E-state index in [0.717, 1.165) is 77.0 Å². The summed E-state index contributed by atoms with van der Waals surface area (Å²) >= 11 is 0. The van der Waals surface area contributed by atoms with Gasteiger partial charge in [0, 0.05) is 12.8 Å². The number of rotatable bonds is 76. The molecule has 0 radical (unpaired) electrons. The number of unbranched alkanes of at least 4 members (excludes halogenated alkanes) is 47. The molecular weight excluding hydrogens is 1170 g/mol. The Kier molecular flexibility index (Phi) is 73.4. The molecule has 2 atom stereocenters. The highest BCUT2D eigenvalue weighted by molar-refractivity contribution is 5.71. The van der Waals surface area contributed by atoms with E-state index < -0.39 is 18.4 Å². The van der Waals surface area contributed by atoms with Gasteiger partial charge in [-0.3, -0.25) is 9.59 Å². The van der Waals surface area contributed by atoms with E-state index in [0.29, 0.717) is 17.4 Å². The number of nitrogens with zero attached hydrogens (tertiary/aromatic N) is 1. The minimum absolute atomic E-state index is 0.179. The molecule has 0 saturated carbocycles.